The van der Waals surface area contributed by atoms with Gasteiger partial charge in [-0.1, -0.05) is 13.3 Å². The third-order valence-electron chi connectivity index (χ3n) is 6.90. The molecule has 0 spiro atoms. The van der Waals surface area contributed by atoms with Gasteiger partial charge in [-0.05, 0) is 84.1 Å². The van der Waals surface area contributed by atoms with E-state index in [0.29, 0.717) is 18.1 Å². The van der Waals surface area contributed by atoms with E-state index in [1.165, 1.54) is 0 Å². The Labute approximate surface area is 199 Å². The molecule has 184 valence electrons. The van der Waals surface area contributed by atoms with E-state index in [9.17, 15) is 4.79 Å². The largest absolute Gasteiger partial charge is 0.494 e. The summed E-state index contributed by atoms with van der Waals surface area (Å²) in [7, 11) is 0. The minimum absolute atomic E-state index is 0.0515. The summed E-state index contributed by atoms with van der Waals surface area (Å²) in [6, 6.07) is 9.82. The standard InChI is InChI=1S/C27H44N4O2/c1-6-7-20-33-26-14-12-25(13-15-26)31-19-18-30(27(31)32)24-10-8-23(9-11-24)28-16-17-29(21(2)3)22(4)5/h12-15,18-19,21-24,28H,6-11,16-17,20H2,1-5H3. The van der Waals surface area contributed by atoms with E-state index in [1.807, 2.05) is 41.2 Å². The Morgan fingerprint density at radius 3 is 2.30 bits per heavy atom. The van der Waals surface area contributed by atoms with Crippen molar-refractivity contribution in [3.05, 3.63) is 47.1 Å². The molecule has 3 rings (SSSR count). The summed E-state index contributed by atoms with van der Waals surface area (Å²) >= 11 is 0. The van der Waals surface area contributed by atoms with Gasteiger partial charge in [0.25, 0.3) is 0 Å². The van der Waals surface area contributed by atoms with Crippen molar-refractivity contribution in [2.75, 3.05) is 19.7 Å². The van der Waals surface area contributed by atoms with Gasteiger partial charge in [0.15, 0.2) is 0 Å². The maximum atomic E-state index is 13.1. The normalized spacial score (nSPS) is 19.0. The van der Waals surface area contributed by atoms with E-state index < -0.39 is 0 Å². The first-order valence-electron chi connectivity index (χ1n) is 12.9. The lowest BCUT2D eigenvalue weighted by molar-refractivity contribution is 0.170. The van der Waals surface area contributed by atoms with Crippen LogP contribution in [0, 0.1) is 0 Å². The van der Waals surface area contributed by atoms with E-state index in [1.54, 1.807) is 4.57 Å². The zero-order valence-corrected chi connectivity index (χ0v) is 21.3. The third-order valence-corrected chi connectivity index (χ3v) is 6.90. The van der Waals surface area contributed by atoms with Crippen LogP contribution < -0.4 is 15.7 Å². The summed E-state index contributed by atoms with van der Waals surface area (Å²) in [5.41, 5.74) is 0.937. The summed E-state index contributed by atoms with van der Waals surface area (Å²) in [6.07, 6.45) is 10.4. The number of imidazole rings is 1. The number of aromatic nitrogens is 2. The first-order chi connectivity index (χ1) is 15.9. The fourth-order valence-corrected chi connectivity index (χ4v) is 4.97. The molecule has 0 bridgehead atoms. The van der Waals surface area contributed by atoms with Gasteiger partial charge < -0.3 is 10.1 Å². The maximum Gasteiger partial charge on any atom is 0.332 e. The molecule has 33 heavy (non-hydrogen) atoms. The van der Waals surface area contributed by atoms with Crippen molar-refractivity contribution in [1.82, 2.24) is 19.4 Å². The lowest BCUT2D eigenvalue weighted by Gasteiger charge is -2.33. The number of nitrogens with zero attached hydrogens (tertiary/aromatic N) is 3. The molecule has 0 atom stereocenters. The second kappa shape index (κ2) is 12.4. The summed E-state index contributed by atoms with van der Waals surface area (Å²) in [5.74, 6) is 0.857. The lowest BCUT2D eigenvalue weighted by atomic mass is 9.91. The third kappa shape index (κ3) is 6.97. The summed E-state index contributed by atoms with van der Waals surface area (Å²) in [6.45, 7) is 14.1. The summed E-state index contributed by atoms with van der Waals surface area (Å²) < 4.78 is 9.42. The van der Waals surface area contributed by atoms with Crippen LogP contribution >= 0.6 is 0 Å². The van der Waals surface area contributed by atoms with Gasteiger partial charge in [-0.3, -0.25) is 14.0 Å². The van der Waals surface area contributed by atoms with Crippen molar-refractivity contribution in [2.24, 2.45) is 0 Å². The topological polar surface area (TPSA) is 51.4 Å². The SMILES string of the molecule is CCCCOc1ccc(-n2ccn(C3CCC(NCCN(C(C)C)C(C)C)CC3)c2=O)cc1. The highest BCUT2D eigenvalue weighted by Gasteiger charge is 2.24. The van der Waals surface area contributed by atoms with Crippen molar-refractivity contribution in [1.29, 1.82) is 0 Å². The second-order valence-corrected chi connectivity index (χ2v) is 9.94. The van der Waals surface area contributed by atoms with Gasteiger partial charge >= 0.3 is 5.69 Å². The van der Waals surface area contributed by atoms with E-state index in [-0.39, 0.29) is 11.7 Å². The Morgan fingerprint density at radius 2 is 1.70 bits per heavy atom. The van der Waals surface area contributed by atoms with Gasteiger partial charge in [-0.25, -0.2) is 4.79 Å². The molecule has 0 amide bonds. The molecule has 0 saturated heterocycles. The fraction of sp³-hybridized carbons (Fsp3) is 0.667. The molecule has 1 N–H and O–H groups in total. The summed E-state index contributed by atoms with van der Waals surface area (Å²) in [5, 5.41) is 3.76. The Kier molecular flexibility index (Phi) is 9.63. The van der Waals surface area contributed by atoms with Crippen LogP contribution in [0.25, 0.3) is 5.69 Å². The van der Waals surface area contributed by atoms with Crippen LogP contribution in [-0.2, 0) is 0 Å². The van der Waals surface area contributed by atoms with Gasteiger partial charge in [-0.2, -0.15) is 0 Å². The van der Waals surface area contributed by atoms with E-state index in [0.717, 1.165) is 69.7 Å². The van der Waals surface area contributed by atoms with Crippen molar-refractivity contribution < 1.29 is 4.74 Å². The zero-order valence-electron chi connectivity index (χ0n) is 21.3. The van der Waals surface area contributed by atoms with E-state index >= 15 is 0 Å². The van der Waals surface area contributed by atoms with Crippen LogP contribution in [0.2, 0.25) is 0 Å². The van der Waals surface area contributed by atoms with E-state index in [2.05, 4.69) is 44.8 Å². The second-order valence-electron chi connectivity index (χ2n) is 9.94. The first-order valence-corrected chi connectivity index (χ1v) is 12.9. The van der Waals surface area contributed by atoms with Crippen LogP contribution in [0.4, 0.5) is 0 Å². The number of benzene rings is 1. The highest BCUT2D eigenvalue weighted by Crippen LogP contribution is 2.27. The highest BCUT2D eigenvalue weighted by molar-refractivity contribution is 5.37. The van der Waals surface area contributed by atoms with Crippen molar-refractivity contribution in [3.63, 3.8) is 0 Å². The first kappa shape index (κ1) is 25.6. The Morgan fingerprint density at radius 1 is 1.03 bits per heavy atom. The van der Waals surface area contributed by atoms with Gasteiger partial charge in [0.2, 0.25) is 0 Å². The molecular formula is C27H44N4O2. The average Bonchev–Trinajstić information content (AvgIpc) is 3.18. The van der Waals surface area contributed by atoms with Gasteiger partial charge in [0.1, 0.15) is 5.75 Å². The van der Waals surface area contributed by atoms with Crippen LogP contribution in [0.3, 0.4) is 0 Å². The fourth-order valence-electron chi connectivity index (χ4n) is 4.97. The van der Waals surface area contributed by atoms with Gasteiger partial charge in [0, 0.05) is 49.7 Å². The lowest BCUT2D eigenvalue weighted by Crippen LogP contribution is -2.44. The molecule has 1 heterocycles. The predicted octanol–water partition coefficient (Wildman–Crippen LogP) is 5.01. The van der Waals surface area contributed by atoms with Gasteiger partial charge in [0.05, 0.1) is 12.3 Å². The smallest absolute Gasteiger partial charge is 0.332 e. The molecule has 1 aromatic heterocycles. The average molecular weight is 457 g/mol. The molecule has 6 nitrogen and oxygen atoms in total. The molecule has 6 heteroatoms. The molecule has 2 aromatic rings. The number of nitrogens with one attached hydrogen (secondary N) is 1. The predicted molar refractivity (Wildman–Crippen MR) is 137 cm³/mol. The van der Waals surface area contributed by atoms with Crippen molar-refractivity contribution >= 4 is 0 Å². The highest BCUT2D eigenvalue weighted by atomic mass is 16.5. The Hall–Kier alpha value is -2.05. The molecule has 0 unspecified atom stereocenters. The molecule has 1 aromatic carbocycles. The molecule has 1 saturated carbocycles. The minimum atomic E-state index is 0.0515. The molecule has 1 aliphatic carbocycles. The van der Waals surface area contributed by atoms with E-state index in [4.69, 9.17) is 4.74 Å². The quantitative estimate of drug-likeness (QED) is 0.456. The Balaban J connectivity index is 1.51. The molecule has 0 radical (unpaired) electrons. The van der Waals surface area contributed by atoms with Crippen LogP contribution in [0.15, 0.2) is 41.5 Å². The number of hydrogen-bond acceptors (Lipinski definition) is 4. The zero-order chi connectivity index (χ0) is 23.8. The number of unbranched alkanes of at least 4 members (excludes halogenated alkanes) is 1. The molecule has 1 fully saturated rings. The minimum Gasteiger partial charge on any atom is -0.494 e. The molecule has 0 aliphatic heterocycles. The van der Waals surface area contributed by atoms with Crippen molar-refractivity contribution in [3.8, 4) is 11.4 Å². The molecular weight excluding hydrogens is 412 g/mol. The van der Waals surface area contributed by atoms with Crippen LogP contribution in [-0.4, -0.2) is 51.9 Å². The number of hydrogen-bond donors (Lipinski definition) is 1. The number of rotatable bonds is 12. The Bertz CT molecular complexity index is 868. The number of ether oxygens (including phenoxy) is 1. The maximum absolute atomic E-state index is 13.1. The summed E-state index contributed by atoms with van der Waals surface area (Å²) in [4.78, 5) is 15.6. The molecule has 1 aliphatic rings. The van der Waals surface area contributed by atoms with Gasteiger partial charge in [-0.15, -0.1) is 0 Å². The van der Waals surface area contributed by atoms with Crippen LogP contribution in [0.5, 0.6) is 5.75 Å². The van der Waals surface area contributed by atoms with Crippen molar-refractivity contribution in [2.45, 2.75) is 97.3 Å². The monoisotopic (exact) mass is 456 g/mol. The van der Waals surface area contributed by atoms with Crippen LogP contribution in [0.1, 0.15) is 79.2 Å².